The molecule has 25 valence electrons. The molecule has 0 saturated heterocycles. The Bertz CT molecular complexity index is 6.00. The molecule has 0 aliphatic carbocycles. The minimum Gasteiger partial charge on any atom is -0.163 e. The lowest BCUT2D eigenvalue weighted by Crippen LogP contribution is -1.33. The first-order chi connectivity index (χ1) is 1.91. The molecule has 0 atom stereocenters. The number of rotatable bonds is 1. The second-order valence-corrected chi connectivity index (χ2v) is 1.66. The van der Waals surface area contributed by atoms with Crippen molar-refractivity contribution in [2.45, 2.75) is 0 Å². The van der Waals surface area contributed by atoms with Gasteiger partial charge in [-0.2, -0.15) is 12.6 Å². The van der Waals surface area contributed by atoms with Crippen LogP contribution in [0.15, 0.2) is 0 Å². The van der Waals surface area contributed by atoms with Crippen molar-refractivity contribution in [3.05, 3.63) is 5.08 Å². The molecule has 0 aromatic rings. The topological polar surface area (TPSA) is 0 Å². The van der Waals surface area contributed by atoms with Gasteiger partial charge in [-0.15, -0.1) is 11.8 Å². The molecule has 1 radical (unpaired) electrons. The van der Waals surface area contributed by atoms with Crippen LogP contribution in [-0.4, -0.2) is 6.26 Å². The van der Waals surface area contributed by atoms with E-state index in [0.717, 1.165) is 0 Å². The third kappa shape index (κ3) is 2.70. The Morgan fingerprint density at radius 2 is 2.25 bits per heavy atom. The molecule has 0 N–H and O–H groups in total. The minimum atomic E-state index is 1.60. The van der Waals surface area contributed by atoms with Crippen LogP contribution in [0.25, 0.3) is 0 Å². The Morgan fingerprint density at radius 3 is 2.25 bits per heavy atom. The van der Waals surface area contributed by atoms with E-state index in [0.29, 0.717) is 0 Å². The summed E-state index contributed by atoms with van der Waals surface area (Å²) in [6, 6.07) is 0. The highest BCUT2D eigenvalue weighted by molar-refractivity contribution is 8.12. The number of thiol groups is 1. The van der Waals surface area contributed by atoms with Crippen molar-refractivity contribution in [1.29, 1.82) is 0 Å². The van der Waals surface area contributed by atoms with Crippen molar-refractivity contribution in [2.24, 2.45) is 0 Å². The lowest BCUT2D eigenvalue weighted by atomic mass is 11.9. The number of hydrogen-bond donors (Lipinski definition) is 1. The average Bonchev–Trinajstić information content (AvgIpc) is 1.37. The molecule has 0 aromatic carbocycles. The van der Waals surface area contributed by atoms with Gasteiger partial charge in [0.25, 0.3) is 0 Å². The first-order valence-electron chi connectivity index (χ1n) is 0.902. The van der Waals surface area contributed by atoms with Gasteiger partial charge in [-0.3, -0.25) is 0 Å². The molecule has 0 unspecified atom stereocenters. The number of thioether (sulfide) groups is 1. The van der Waals surface area contributed by atoms with Crippen LogP contribution in [0.1, 0.15) is 0 Å². The van der Waals surface area contributed by atoms with Crippen LogP contribution in [0.5, 0.6) is 0 Å². The first-order valence-corrected chi connectivity index (χ1v) is 2.71. The molecule has 0 heterocycles. The van der Waals surface area contributed by atoms with E-state index in [-0.39, 0.29) is 0 Å². The molecular formula is C2H5S2. The zero-order valence-electron chi connectivity index (χ0n) is 2.43. The Labute approximate surface area is 36.4 Å². The lowest BCUT2D eigenvalue weighted by Gasteiger charge is -1.68. The van der Waals surface area contributed by atoms with Gasteiger partial charge in [0.2, 0.25) is 0 Å². The van der Waals surface area contributed by atoms with Crippen LogP contribution in [0, 0.1) is 5.08 Å². The lowest BCUT2D eigenvalue weighted by molar-refractivity contribution is 2.46. The summed E-state index contributed by atoms with van der Waals surface area (Å²) in [4.78, 5) is 0. The van der Waals surface area contributed by atoms with Crippen molar-refractivity contribution in [3.63, 3.8) is 0 Å². The molecule has 2 heteroatoms. The first kappa shape index (κ1) is 4.70. The van der Waals surface area contributed by atoms with Gasteiger partial charge in [0.1, 0.15) is 0 Å². The predicted molar refractivity (Wildman–Crippen MR) is 26.8 cm³/mol. The largest absolute Gasteiger partial charge is 0.163 e. The molecular weight excluding hydrogens is 88.2 g/mol. The smallest absolute Gasteiger partial charge is 0.0676 e. The summed E-state index contributed by atoms with van der Waals surface area (Å²) in [6.45, 7) is 0. The van der Waals surface area contributed by atoms with Crippen LogP contribution < -0.4 is 0 Å². The van der Waals surface area contributed by atoms with Crippen molar-refractivity contribution in [3.8, 4) is 0 Å². The minimum absolute atomic E-state index is 1.60. The second-order valence-electron chi connectivity index (χ2n) is 0.341. The van der Waals surface area contributed by atoms with Gasteiger partial charge in [0, 0.05) is 0 Å². The van der Waals surface area contributed by atoms with Gasteiger partial charge in [0.15, 0.2) is 0 Å². The fraction of sp³-hybridized carbons (Fsp3) is 0.500. The van der Waals surface area contributed by atoms with Crippen molar-refractivity contribution < 1.29 is 0 Å². The molecule has 0 rings (SSSR count). The van der Waals surface area contributed by atoms with Crippen LogP contribution in [0.2, 0.25) is 0 Å². The van der Waals surface area contributed by atoms with E-state index in [4.69, 9.17) is 0 Å². The summed E-state index contributed by atoms with van der Waals surface area (Å²) in [7, 11) is 0. The Hall–Kier alpha value is 0.700. The van der Waals surface area contributed by atoms with Gasteiger partial charge in [-0.1, -0.05) is 0 Å². The monoisotopic (exact) mass is 93.0 g/mol. The normalized spacial score (nSPS) is 7.50. The maximum Gasteiger partial charge on any atom is 0.0676 e. The van der Waals surface area contributed by atoms with Crippen LogP contribution in [0.3, 0.4) is 0 Å². The van der Waals surface area contributed by atoms with E-state index in [9.17, 15) is 0 Å². The third-order valence-electron chi connectivity index (χ3n) is 0.105. The van der Waals surface area contributed by atoms with Crippen LogP contribution in [-0.2, 0) is 0 Å². The fourth-order valence-corrected chi connectivity index (χ4v) is 0. The summed E-state index contributed by atoms with van der Waals surface area (Å²) >= 11 is 5.35. The molecule has 0 spiro atoms. The molecule has 0 aliphatic heterocycles. The molecule has 0 bridgehead atoms. The van der Waals surface area contributed by atoms with Gasteiger partial charge in [-0.25, -0.2) is 0 Å². The van der Waals surface area contributed by atoms with E-state index < -0.39 is 0 Å². The van der Waals surface area contributed by atoms with Crippen molar-refractivity contribution >= 4 is 24.4 Å². The molecule has 4 heavy (non-hydrogen) atoms. The molecule has 0 amide bonds. The Morgan fingerprint density at radius 1 is 2.00 bits per heavy atom. The summed E-state index contributed by atoms with van der Waals surface area (Å²) < 4.78 is 0. The average molecular weight is 93.2 g/mol. The predicted octanol–water partition coefficient (Wildman–Crippen LogP) is 1.40. The van der Waals surface area contributed by atoms with E-state index >= 15 is 0 Å². The maximum absolute atomic E-state index is 3.76. The summed E-state index contributed by atoms with van der Waals surface area (Å²) in [5, 5.41) is 1.74. The maximum atomic E-state index is 3.76. The highest BCUT2D eigenvalue weighted by Crippen LogP contribution is 1.98. The Kier molecular flexibility index (Phi) is 4.35. The highest BCUT2D eigenvalue weighted by atomic mass is 32.2. The van der Waals surface area contributed by atoms with Gasteiger partial charge in [0.05, 0.1) is 5.08 Å². The SMILES string of the molecule is CS[CH]S. The Balaban J connectivity index is 1.97. The summed E-state index contributed by atoms with van der Waals surface area (Å²) in [6.07, 6.45) is 1.97. The summed E-state index contributed by atoms with van der Waals surface area (Å²) in [5.41, 5.74) is 0. The van der Waals surface area contributed by atoms with Crippen molar-refractivity contribution in [2.75, 3.05) is 6.26 Å². The highest BCUT2D eigenvalue weighted by Gasteiger charge is 1.57. The van der Waals surface area contributed by atoms with E-state index in [1.54, 1.807) is 16.8 Å². The standard InChI is InChI=1S/C2H5S2/c1-4-2-3/h2-3H,1H3. The third-order valence-corrected chi connectivity index (χ3v) is 0.949. The van der Waals surface area contributed by atoms with Gasteiger partial charge in [-0.05, 0) is 6.26 Å². The zero-order chi connectivity index (χ0) is 3.41. The summed E-state index contributed by atoms with van der Waals surface area (Å²) in [5.74, 6) is 0. The van der Waals surface area contributed by atoms with Crippen molar-refractivity contribution in [1.82, 2.24) is 0 Å². The van der Waals surface area contributed by atoms with Crippen LogP contribution >= 0.6 is 24.4 Å². The quantitative estimate of drug-likeness (QED) is 0.478. The van der Waals surface area contributed by atoms with E-state index in [2.05, 4.69) is 12.6 Å². The van der Waals surface area contributed by atoms with Gasteiger partial charge < -0.3 is 0 Å². The molecule has 0 nitrogen and oxygen atoms in total. The van der Waals surface area contributed by atoms with E-state index in [1.165, 1.54) is 0 Å². The molecule has 0 aliphatic rings. The second kappa shape index (κ2) is 3.70. The molecule has 0 saturated carbocycles. The molecule has 0 aromatic heterocycles. The van der Waals surface area contributed by atoms with E-state index in [1.807, 2.05) is 6.26 Å². The zero-order valence-corrected chi connectivity index (χ0v) is 4.14. The van der Waals surface area contributed by atoms with Crippen LogP contribution in [0.4, 0.5) is 0 Å². The number of hydrogen-bond acceptors (Lipinski definition) is 2. The molecule has 0 fully saturated rings. The fourth-order valence-electron chi connectivity index (χ4n) is 0. The van der Waals surface area contributed by atoms with Gasteiger partial charge >= 0.3 is 0 Å².